The Bertz CT molecular complexity index is 1340. The Balaban J connectivity index is 1.29. The summed E-state index contributed by atoms with van der Waals surface area (Å²) >= 11 is 0. The van der Waals surface area contributed by atoms with Gasteiger partial charge in [0.15, 0.2) is 11.6 Å². The lowest BCUT2D eigenvalue weighted by Crippen LogP contribution is -2.42. The van der Waals surface area contributed by atoms with Gasteiger partial charge in [0.25, 0.3) is 0 Å². The molecule has 2 aromatic heterocycles. The first-order valence-electron chi connectivity index (χ1n) is 11.8. The van der Waals surface area contributed by atoms with E-state index in [1.165, 1.54) is 22.1 Å². The number of halogens is 2. The number of carbonyl (C=O) groups is 1. The van der Waals surface area contributed by atoms with E-state index in [-0.39, 0.29) is 34.6 Å². The monoisotopic (exact) mass is 493 g/mol. The minimum atomic E-state index is -0.567. The lowest BCUT2D eigenvalue weighted by atomic mass is 9.93. The van der Waals surface area contributed by atoms with Gasteiger partial charge in [0, 0.05) is 37.2 Å². The number of rotatable bonds is 4. The van der Waals surface area contributed by atoms with Crippen LogP contribution in [0.2, 0.25) is 0 Å². The number of hydrogen-bond donors (Lipinski definition) is 0. The first-order chi connectivity index (χ1) is 17.4. The number of nitriles is 1. The van der Waals surface area contributed by atoms with Crippen molar-refractivity contribution in [3.63, 3.8) is 0 Å². The van der Waals surface area contributed by atoms with E-state index in [0.717, 1.165) is 5.56 Å². The second kappa shape index (κ2) is 9.62. The van der Waals surface area contributed by atoms with Gasteiger partial charge in [0.05, 0.1) is 30.5 Å². The van der Waals surface area contributed by atoms with Crippen LogP contribution < -0.4 is 4.90 Å². The number of aromatic nitrogens is 4. The van der Waals surface area contributed by atoms with Crippen LogP contribution in [0.5, 0.6) is 0 Å². The number of benzene rings is 1. The van der Waals surface area contributed by atoms with Gasteiger partial charge in [-0.2, -0.15) is 14.8 Å². The number of aryl methyl sites for hydroxylation is 1. The number of piperidine rings is 1. The molecule has 1 amide bonds. The molecule has 36 heavy (non-hydrogen) atoms. The van der Waals surface area contributed by atoms with Crippen molar-refractivity contribution in [1.82, 2.24) is 24.8 Å². The minimum Gasteiger partial charge on any atom is -0.354 e. The first-order valence-corrected chi connectivity index (χ1v) is 11.8. The molecule has 0 radical (unpaired) electrons. The molecule has 186 valence electrons. The second-order valence-electron chi connectivity index (χ2n) is 9.15. The number of anilines is 1. The zero-order chi connectivity index (χ0) is 25.4. The first kappa shape index (κ1) is 23.8. The number of hydrogen-bond acceptors (Lipinski definition) is 7. The topological polar surface area (TPSA) is 100 Å². The summed E-state index contributed by atoms with van der Waals surface area (Å²) in [6.45, 7) is 4.60. The summed E-state index contributed by atoms with van der Waals surface area (Å²) in [7, 11) is 0. The maximum Gasteiger partial charge on any atom is 0.249 e. The Hall–Kier alpha value is -3.91. The van der Waals surface area contributed by atoms with E-state index in [1.807, 2.05) is 13.0 Å². The average Bonchev–Trinajstić information content (AvgIpc) is 3.55. The summed E-state index contributed by atoms with van der Waals surface area (Å²) in [5, 5.41) is 14.8. The highest BCUT2D eigenvalue weighted by Crippen LogP contribution is 2.35. The van der Waals surface area contributed by atoms with Crippen LogP contribution in [0.3, 0.4) is 0 Å². The number of nitrogens with zero attached hydrogens (tertiary/aromatic N) is 7. The highest BCUT2D eigenvalue weighted by molar-refractivity contribution is 5.79. The third kappa shape index (κ3) is 4.28. The SMILES string of the molecule is Cc1cnn(-c2ncnc(N3CCC(C(=O)N4OCC[C@H]4c4cc(F)c(C)c(C#N)c4)CC3)c2F)c1. The van der Waals surface area contributed by atoms with E-state index >= 15 is 4.39 Å². The fraction of sp³-hybridized carbons (Fsp3) is 0.400. The highest BCUT2D eigenvalue weighted by Gasteiger charge is 2.38. The number of carbonyl (C=O) groups excluding carboxylic acids is 1. The molecule has 5 rings (SSSR count). The van der Waals surface area contributed by atoms with Crippen molar-refractivity contribution in [2.75, 3.05) is 24.6 Å². The van der Waals surface area contributed by atoms with Crippen LogP contribution in [0.25, 0.3) is 5.82 Å². The molecular weight excluding hydrogens is 468 g/mol. The molecule has 11 heteroatoms. The van der Waals surface area contributed by atoms with Crippen LogP contribution in [0.15, 0.2) is 30.9 Å². The molecule has 3 aromatic rings. The Morgan fingerprint density at radius 2 is 1.89 bits per heavy atom. The zero-order valence-corrected chi connectivity index (χ0v) is 20.0. The zero-order valence-electron chi connectivity index (χ0n) is 20.0. The standard InChI is InChI=1S/C25H25F2N7O2/c1-15-12-31-33(13-15)24-22(27)23(29-14-30-24)32-6-3-17(4-7-32)25(35)34-21(5-8-36-34)18-9-19(11-28)16(2)20(26)10-18/h9-10,12-14,17,21H,3-8H2,1-2H3/t21-/m0/s1. The molecule has 0 saturated carbocycles. The molecule has 1 aromatic carbocycles. The Labute approximate surface area is 206 Å². The van der Waals surface area contributed by atoms with Crippen LogP contribution in [-0.2, 0) is 9.63 Å². The van der Waals surface area contributed by atoms with E-state index < -0.39 is 17.7 Å². The largest absolute Gasteiger partial charge is 0.354 e. The Morgan fingerprint density at radius 3 is 2.58 bits per heavy atom. The predicted molar refractivity (Wildman–Crippen MR) is 125 cm³/mol. The molecular formula is C25H25F2N7O2. The molecule has 4 heterocycles. The van der Waals surface area contributed by atoms with Crippen LogP contribution in [0, 0.1) is 42.7 Å². The van der Waals surface area contributed by atoms with Gasteiger partial charge >= 0.3 is 0 Å². The number of amides is 1. The van der Waals surface area contributed by atoms with E-state index in [0.29, 0.717) is 44.5 Å². The summed E-state index contributed by atoms with van der Waals surface area (Å²) in [6.07, 6.45) is 6.10. The smallest absolute Gasteiger partial charge is 0.249 e. The summed E-state index contributed by atoms with van der Waals surface area (Å²) in [6, 6.07) is 4.54. The summed E-state index contributed by atoms with van der Waals surface area (Å²) in [5.74, 6) is -1.32. The van der Waals surface area contributed by atoms with Crippen LogP contribution >= 0.6 is 0 Å². The molecule has 0 aliphatic carbocycles. The van der Waals surface area contributed by atoms with Gasteiger partial charge in [0.1, 0.15) is 12.1 Å². The van der Waals surface area contributed by atoms with E-state index in [9.17, 15) is 14.4 Å². The van der Waals surface area contributed by atoms with Crippen molar-refractivity contribution in [1.29, 1.82) is 5.26 Å². The van der Waals surface area contributed by atoms with Crippen molar-refractivity contribution in [2.45, 2.75) is 39.2 Å². The molecule has 2 saturated heterocycles. The van der Waals surface area contributed by atoms with Crippen molar-refractivity contribution in [3.8, 4) is 11.9 Å². The third-order valence-corrected chi connectivity index (χ3v) is 6.82. The van der Waals surface area contributed by atoms with Gasteiger partial charge in [-0.25, -0.2) is 24.1 Å². The summed E-state index contributed by atoms with van der Waals surface area (Å²) < 4.78 is 31.0. The summed E-state index contributed by atoms with van der Waals surface area (Å²) in [4.78, 5) is 29.0. The maximum absolute atomic E-state index is 15.2. The van der Waals surface area contributed by atoms with E-state index in [2.05, 4.69) is 15.1 Å². The Morgan fingerprint density at radius 1 is 1.14 bits per heavy atom. The lowest BCUT2D eigenvalue weighted by Gasteiger charge is -2.34. The minimum absolute atomic E-state index is 0.0710. The molecule has 0 N–H and O–H groups in total. The molecule has 0 spiro atoms. The average molecular weight is 494 g/mol. The quantitative estimate of drug-likeness (QED) is 0.548. The van der Waals surface area contributed by atoms with Crippen LogP contribution in [-0.4, -0.2) is 50.4 Å². The normalized spacial score (nSPS) is 18.5. The van der Waals surface area contributed by atoms with Crippen molar-refractivity contribution < 1.29 is 18.4 Å². The molecule has 1 atom stereocenters. The molecule has 2 aliphatic rings. The van der Waals surface area contributed by atoms with Crippen molar-refractivity contribution >= 4 is 11.7 Å². The van der Waals surface area contributed by atoms with Crippen LogP contribution in [0.4, 0.5) is 14.6 Å². The Kier molecular flexibility index (Phi) is 6.36. The van der Waals surface area contributed by atoms with E-state index in [4.69, 9.17) is 4.84 Å². The van der Waals surface area contributed by atoms with Gasteiger partial charge < -0.3 is 4.90 Å². The third-order valence-electron chi connectivity index (χ3n) is 6.82. The summed E-state index contributed by atoms with van der Waals surface area (Å²) in [5.41, 5.74) is 1.96. The lowest BCUT2D eigenvalue weighted by molar-refractivity contribution is -0.182. The van der Waals surface area contributed by atoms with Crippen molar-refractivity contribution in [2.24, 2.45) is 5.92 Å². The van der Waals surface area contributed by atoms with E-state index in [1.54, 1.807) is 30.3 Å². The van der Waals surface area contributed by atoms with Gasteiger partial charge in [0.2, 0.25) is 11.7 Å². The number of hydroxylamine groups is 2. The van der Waals surface area contributed by atoms with Gasteiger partial charge in [-0.3, -0.25) is 9.63 Å². The predicted octanol–water partition coefficient (Wildman–Crippen LogP) is 3.55. The molecule has 0 bridgehead atoms. The van der Waals surface area contributed by atoms with Crippen LogP contribution in [0.1, 0.15) is 47.6 Å². The highest BCUT2D eigenvalue weighted by atomic mass is 19.1. The molecule has 2 fully saturated rings. The van der Waals surface area contributed by atoms with Gasteiger partial charge in [-0.1, -0.05) is 0 Å². The second-order valence-corrected chi connectivity index (χ2v) is 9.15. The van der Waals surface area contributed by atoms with Gasteiger partial charge in [-0.05, 0) is 49.9 Å². The van der Waals surface area contributed by atoms with Gasteiger partial charge in [-0.15, -0.1) is 0 Å². The van der Waals surface area contributed by atoms with Crippen molar-refractivity contribution in [3.05, 3.63) is 64.7 Å². The fourth-order valence-electron chi connectivity index (χ4n) is 4.78. The molecule has 9 nitrogen and oxygen atoms in total. The maximum atomic E-state index is 15.2. The molecule has 2 aliphatic heterocycles. The fourth-order valence-corrected chi connectivity index (χ4v) is 4.78. The molecule has 0 unspecified atom stereocenters.